The minimum atomic E-state index is -0.695. The number of nitrogens with one attached hydrogen (secondary N) is 3. The van der Waals surface area contributed by atoms with Gasteiger partial charge in [-0.2, -0.15) is 0 Å². The molecule has 2 aliphatic heterocycles. The highest BCUT2D eigenvalue weighted by molar-refractivity contribution is 8.14. The number of aliphatic hydroxyl groups is 1. The lowest BCUT2D eigenvalue weighted by molar-refractivity contribution is -0.120. The van der Waals surface area contributed by atoms with E-state index < -0.39 is 11.5 Å². The molecule has 40 heavy (non-hydrogen) atoms. The monoisotopic (exact) mass is 562 g/mol. The average Bonchev–Trinajstić information content (AvgIpc) is 3.75. The number of anilines is 1. The second-order valence-electron chi connectivity index (χ2n) is 11.7. The molecule has 1 saturated carbocycles. The van der Waals surface area contributed by atoms with Crippen molar-refractivity contribution in [2.75, 3.05) is 37.4 Å². The fourth-order valence-electron chi connectivity index (χ4n) is 6.30. The Balaban J connectivity index is 1.05. The number of benzene rings is 2. The number of para-hydroxylation sites is 1. The molecule has 3 heterocycles. The highest BCUT2D eigenvalue weighted by Gasteiger charge is 2.50. The number of hydrogen-bond donors (Lipinski definition) is 4. The number of hydrogen-bond acceptors (Lipinski definition) is 7. The summed E-state index contributed by atoms with van der Waals surface area (Å²) in [5.41, 5.74) is 3.25. The fraction of sp³-hybridized carbons (Fsp3) is 0.484. The van der Waals surface area contributed by atoms with E-state index in [2.05, 4.69) is 40.5 Å². The molecule has 8 nitrogen and oxygen atoms in total. The van der Waals surface area contributed by atoms with Crippen LogP contribution in [-0.2, 0) is 16.6 Å². The Bertz CT molecular complexity index is 1430. The number of amides is 1. The molecule has 1 fully saturated rings. The van der Waals surface area contributed by atoms with E-state index in [9.17, 15) is 9.90 Å². The average molecular weight is 563 g/mol. The standard InChI is InChI=1S/C31H38N4O4S/c1-30(2,15-20-16-33-28-22(20)7-5-10-25(28)39-19-26-32-13-14-40-26)34-17-21(36)18-38-24-9-6-8-23-27(24)31(29(37)35-23)11-3-4-12-31/h5-10,16,21,33-34,36H,3-4,11-15,17-19H2,1-2H3,(H,35,37)/t21-/m0/s1. The van der Waals surface area contributed by atoms with Crippen molar-refractivity contribution < 1.29 is 19.4 Å². The summed E-state index contributed by atoms with van der Waals surface area (Å²) < 4.78 is 12.2. The van der Waals surface area contributed by atoms with E-state index in [1.165, 1.54) is 5.56 Å². The summed E-state index contributed by atoms with van der Waals surface area (Å²) in [4.78, 5) is 20.7. The smallest absolute Gasteiger partial charge is 0.235 e. The summed E-state index contributed by atoms with van der Waals surface area (Å²) in [7, 11) is 0. The van der Waals surface area contributed by atoms with Gasteiger partial charge in [0.25, 0.3) is 0 Å². The summed E-state index contributed by atoms with van der Waals surface area (Å²) in [6.07, 6.45) is 5.91. The van der Waals surface area contributed by atoms with Gasteiger partial charge in [-0.25, -0.2) is 0 Å². The topological polar surface area (TPSA) is 108 Å². The fourth-order valence-corrected chi connectivity index (χ4v) is 7.04. The molecule has 9 heteroatoms. The van der Waals surface area contributed by atoms with Gasteiger partial charge in [0, 0.05) is 47.2 Å². The maximum absolute atomic E-state index is 12.8. The van der Waals surface area contributed by atoms with Crippen LogP contribution in [0.3, 0.4) is 0 Å². The van der Waals surface area contributed by atoms with Crippen LogP contribution in [0.1, 0.15) is 50.7 Å². The van der Waals surface area contributed by atoms with Crippen molar-refractivity contribution in [1.29, 1.82) is 0 Å². The molecule has 0 unspecified atom stereocenters. The Morgan fingerprint density at radius 3 is 2.75 bits per heavy atom. The molecule has 1 atom stereocenters. The molecule has 1 spiro atoms. The number of nitrogens with zero attached hydrogens (tertiary/aromatic N) is 1. The largest absolute Gasteiger partial charge is 0.490 e. The molecule has 0 radical (unpaired) electrons. The van der Waals surface area contributed by atoms with Crippen molar-refractivity contribution in [2.24, 2.45) is 4.99 Å². The number of ether oxygens (including phenoxy) is 2. The van der Waals surface area contributed by atoms with Crippen LogP contribution in [0, 0.1) is 0 Å². The number of H-pyrrole nitrogens is 1. The number of rotatable bonds is 11. The summed E-state index contributed by atoms with van der Waals surface area (Å²) in [6.45, 7) is 6.20. The highest BCUT2D eigenvalue weighted by atomic mass is 32.2. The zero-order valence-electron chi connectivity index (χ0n) is 23.2. The number of β-amino-alcohol motifs (C(OH)–C–C–N with tert-alkyl or cyclic N) is 1. The SMILES string of the molecule is CC(C)(Cc1c[nH]c2c(OCC3=NCCS3)cccc12)NC[C@H](O)COc1cccc2c1C1(CCCC1)C(=O)N2. The van der Waals surface area contributed by atoms with Crippen molar-refractivity contribution in [1.82, 2.24) is 10.3 Å². The summed E-state index contributed by atoms with van der Waals surface area (Å²) in [5, 5.41) is 19.6. The van der Waals surface area contributed by atoms with Crippen LogP contribution in [0.5, 0.6) is 11.5 Å². The Kier molecular flexibility index (Phi) is 7.54. The third kappa shape index (κ3) is 5.34. The first kappa shape index (κ1) is 27.2. The van der Waals surface area contributed by atoms with E-state index in [4.69, 9.17) is 9.47 Å². The Morgan fingerprint density at radius 2 is 1.95 bits per heavy atom. The summed E-state index contributed by atoms with van der Waals surface area (Å²) in [6, 6.07) is 11.9. The predicted octanol–water partition coefficient (Wildman–Crippen LogP) is 4.81. The third-order valence-electron chi connectivity index (χ3n) is 8.29. The lowest BCUT2D eigenvalue weighted by Gasteiger charge is -2.28. The van der Waals surface area contributed by atoms with Gasteiger partial charge in [-0.05, 0) is 56.9 Å². The number of aromatic nitrogens is 1. The molecule has 3 aromatic rings. The van der Waals surface area contributed by atoms with Crippen LogP contribution in [0.4, 0.5) is 5.69 Å². The molecule has 212 valence electrons. The lowest BCUT2D eigenvalue weighted by Crippen LogP contribution is -2.46. The maximum atomic E-state index is 12.8. The van der Waals surface area contributed by atoms with Gasteiger partial charge < -0.3 is 30.2 Å². The summed E-state index contributed by atoms with van der Waals surface area (Å²) >= 11 is 1.76. The number of thioether (sulfide) groups is 1. The zero-order chi connectivity index (χ0) is 27.7. The highest BCUT2D eigenvalue weighted by Crippen LogP contribution is 2.52. The normalized spacial score (nSPS) is 18.7. The van der Waals surface area contributed by atoms with Crippen LogP contribution in [-0.4, -0.2) is 64.7 Å². The summed E-state index contributed by atoms with van der Waals surface area (Å²) in [5.74, 6) is 2.65. The first-order chi connectivity index (χ1) is 19.3. The minimum absolute atomic E-state index is 0.0817. The molecule has 2 aromatic carbocycles. The number of fused-ring (bicyclic) bond motifs is 3. The molecule has 1 aromatic heterocycles. The maximum Gasteiger partial charge on any atom is 0.235 e. The molecule has 4 N–H and O–H groups in total. The molecular weight excluding hydrogens is 524 g/mol. The van der Waals surface area contributed by atoms with Gasteiger partial charge in [0.05, 0.1) is 10.9 Å². The molecular formula is C31H38N4O4S. The van der Waals surface area contributed by atoms with Gasteiger partial charge in [0.15, 0.2) is 0 Å². The number of aliphatic hydroxyl groups excluding tert-OH is 1. The van der Waals surface area contributed by atoms with E-state index in [1.54, 1.807) is 11.8 Å². The quantitative estimate of drug-likeness (QED) is 0.267. The Hall–Kier alpha value is -3.01. The van der Waals surface area contributed by atoms with Crippen molar-refractivity contribution in [3.8, 4) is 11.5 Å². The van der Waals surface area contributed by atoms with Gasteiger partial charge in [-0.3, -0.25) is 9.79 Å². The molecule has 6 rings (SSSR count). The van der Waals surface area contributed by atoms with Crippen LogP contribution < -0.4 is 20.1 Å². The molecule has 0 bridgehead atoms. The first-order valence-corrected chi connectivity index (χ1v) is 15.2. The zero-order valence-corrected chi connectivity index (χ0v) is 24.0. The Morgan fingerprint density at radius 1 is 1.15 bits per heavy atom. The van der Waals surface area contributed by atoms with E-state index in [-0.39, 0.29) is 18.1 Å². The molecule has 1 amide bonds. The molecule has 0 saturated heterocycles. The van der Waals surface area contributed by atoms with Gasteiger partial charge in [0.1, 0.15) is 35.9 Å². The van der Waals surface area contributed by atoms with E-state index in [0.717, 1.165) is 77.3 Å². The van der Waals surface area contributed by atoms with Gasteiger partial charge in [-0.1, -0.05) is 31.0 Å². The lowest BCUT2D eigenvalue weighted by atomic mass is 9.79. The first-order valence-electron chi connectivity index (χ1n) is 14.2. The predicted molar refractivity (Wildman–Crippen MR) is 161 cm³/mol. The van der Waals surface area contributed by atoms with Crippen molar-refractivity contribution in [3.63, 3.8) is 0 Å². The number of carbonyl (C=O) groups excluding carboxylic acids is 1. The van der Waals surface area contributed by atoms with Crippen molar-refractivity contribution in [3.05, 3.63) is 53.7 Å². The molecule has 3 aliphatic rings. The van der Waals surface area contributed by atoms with Crippen LogP contribution in [0.15, 0.2) is 47.6 Å². The van der Waals surface area contributed by atoms with Gasteiger partial charge in [0.2, 0.25) is 5.91 Å². The second-order valence-corrected chi connectivity index (χ2v) is 12.9. The number of aromatic amines is 1. The number of carbonyl (C=O) groups is 1. The van der Waals surface area contributed by atoms with E-state index in [1.807, 2.05) is 36.5 Å². The van der Waals surface area contributed by atoms with Gasteiger partial charge in [-0.15, -0.1) is 11.8 Å². The second kappa shape index (κ2) is 11.1. The van der Waals surface area contributed by atoms with Gasteiger partial charge >= 0.3 is 0 Å². The van der Waals surface area contributed by atoms with Crippen LogP contribution >= 0.6 is 11.8 Å². The van der Waals surface area contributed by atoms with E-state index >= 15 is 0 Å². The van der Waals surface area contributed by atoms with Crippen LogP contribution in [0.25, 0.3) is 10.9 Å². The van der Waals surface area contributed by atoms with Crippen LogP contribution in [0.2, 0.25) is 0 Å². The van der Waals surface area contributed by atoms with E-state index in [0.29, 0.717) is 18.9 Å². The number of aliphatic imine (C=N–C) groups is 1. The third-order valence-corrected chi connectivity index (χ3v) is 9.25. The Labute approximate surface area is 239 Å². The molecule has 1 aliphatic carbocycles. The minimum Gasteiger partial charge on any atom is -0.490 e. The van der Waals surface area contributed by atoms with Crippen molar-refractivity contribution >= 4 is 39.3 Å². The van der Waals surface area contributed by atoms with Crippen molar-refractivity contribution in [2.45, 2.75) is 63.0 Å².